The molecule has 194 valence electrons. The molecule has 3 rings (SSSR count). The fourth-order valence-electron chi connectivity index (χ4n) is 4.21. The van der Waals surface area contributed by atoms with Crippen LogP contribution in [0.3, 0.4) is 0 Å². The summed E-state index contributed by atoms with van der Waals surface area (Å²) in [7, 11) is 0. The van der Waals surface area contributed by atoms with Gasteiger partial charge >= 0.3 is 6.09 Å². The first-order chi connectivity index (χ1) is 16.9. The molecule has 1 aliphatic rings. The van der Waals surface area contributed by atoms with Gasteiger partial charge in [-0.25, -0.2) is 4.79 Å². The molecule has 0 heterocycles. The van der Waals surface area contributed by atoms with Crippen molar-refractivity contribution < 1.29 is 19.1 Å². The van der Waals surface area contributed by atoms with Gasteiger partial charge in [-0.1, -0.05) is 47.5 Å². The van der Waals surface area contributed by atoms with E-state index in [2.05, 4.69) is 23.3 Å². The van der Waals surface area contributed by atoms with Gasteiger partial charge in [-0.15, -0.1) is 0 Å². The van der Waals surface area contributed by atoms with Crippen LogP contribution in [0.1, 0.15) is 61.9 Å². The molecule has 2 atom stereocenters. The van der Waals surface area contributed by atoms with Crippen LogP contribution in [0.2, 0.25) is 0 Å². The van der Waals surface area contributed by atoms with E-state index in [-0.39, 0.29) is 23.6 Å². The van der Waals surface area contributed by atoms with Crippen molar-refractivity contribution in [2.75, 3.05) is 11.1 Å². The first kappa shape index (κ1) is 27.6. The normalized spacial score (nSPS) is 15.0. The minimum Gasteiger partial charge on any atom is -0.444 e. The maximum absolute atomic E-state index is 13.9. The van der Waals surface area contributed by atoms with Crippen LogP contribution in [0, 0.1) is 20.8 Å². The quantitative estimate of drug-likeness (QED) is 0.430. The van der Waals surface area contributed by atoms with E-state index in [1.54, 1.807) is 25.7 Å². The van der Waals surface area contributed by atoms with E-state index in [9.17, 15) is 14.4 Å². The van der Waals surface area contributed by atoms with Crippen molar-refractivity contribution in [3.8, 4) is 0 Å². The zero-order chi connectivity index (χ0) is 26.6. The van der Waals surface area contributed by atoms with Crippen LogP contribution in [0.15, 0.2) is 42.5 Å². The molecule has 0 saturated heterocycles. The second kappa shape index (κ2) is 11.4. The topological polar surface area (TPSA) is 87.7 Å². The van der Waals surface area contributed by atoms with E-state index in [1.165, 1.54) is 0 Å². The van der Waals surface area contributed by atoms with Crippen molar-refractivity contribution in [2.24, 2.45) is 0 Å². The Bertz CT molecular complexity index is 1100. The van der Waals surface area contributed by atoms with Crippen LogP contribution < -0.4 is 10.6 Å². The molecule has 0 radical (unpaired) electrons. The highest BCUT2D eigenvalue weighted by atomic mass is 32.1. The first-order valence-electron chi connectivity index (χ1n) is 12.3. The van der Waals surface area contributed by atoms with Crippen LogP contribution >= 0.6 is 12.6 Å². The number of carbonyl (C=O) groups is 3. The second-order valence-corrected chi connectivity index (χ2v) is 10.9. The summed E-state index contributed by atoms with van der Waals surface area (Å²) >= 11 is 4.34. The third-order valence-electron chi connectivity index (χ3n) is 5.86. The molecule has 0 aromatic heterocycles. The Morgan fingerprint density at radius 3 is 2.19 bits per heavy atom. The number of thiol groups is 1. The molecule has 2 aromatic carbocycles. The summed E-state index contributed by atoms with van der Waals surface area (Å²) in [6.45, 7) is 11.1. The Labute approximate surface area is 219 Å². The molecule has 8 heteroatoms. The molecule has 2 aromatic rings. The second-order valence-electron chi connectivity index (χ2n) is 10.5. The molecule has 2 N–H and O–H groups in total. The molecule has 1 saturated carbocycles. The third kappa shape index (κ3) is 7.26. The maximum atomic E-state index is 13.9. The third-order valence-corrected chi connectivity index (χ3v) is 6.22. The number of anilines is 1. The number of benzene rings is 2. The molecule has 1 fully saturated rings. The summed E-state index contributed by atoms with van der Waals surface area (Å²) in [5.41, 5.74) is 3.64. The van der Waals surface area contributed by atoms with Gasteiger partial charge in [-0.3, -0.25) is 9.59 Å². The molecule has 3 amide bonds. The summed E-state index contributed by atoms with van der Waals surface area (Å²) in [6, 6.07) is 11.5. The van der Waals surface area contributed by atoms with Gasteiger partial charge in [0.15, 0.2) is 0 Å². The fourth-order valence-corrected chi connectivity index (χ4v) is 4.45. The number of carbonyl (C=O) groups excluding carboxylic acids is 3. The van der Waals surface area contributed by atoms with Gasteiger partial charge in [-0.2, -0.15) is 12.6 Å². The lowest BCUT2D eigenvalue weighted by molar-refractivity contribution is -0.141. The molecule has 2 unspecified atom stereocenters. The highest BCUT2D eigenvalue weighted by Gasteiger charge is 2.44. The number of hydrogen-bond acceptors (Lipinski definition) is 5. The van der Waals surface area contributed by atoms with Gasteiger partial charge in [-0.05, 0) is 71.6 Å². The number of alkyl carbamates (subject to hydrolysis) is 1. The van der Waals surface area contributed by atoms with Crippen molar-refractivity contribution in [3.05, 3.63) is 64.7 Å². The number of nitrogens with one attached hydrogen (secondary N) is 2. The van der Waals surface area contributed by atoms with E-state index < -0.39 is 23.8 Å². The zero-order valence-electron chi connectivity index (χ0n) is 21.9. The summed E-state index contributed by atoms with van der Waals surface area (Å²) in [6.07, 6.45) is 0.880. The van der Waals surface area contributed by atoms with Crippen LogP contribution in [0.25, 0.3) is 0 Å². The van der Waals surface area contributed by atoms with Crippen LogP contribution in [-0.2, 0) is 14.3 Å². The lowest BCUT2D eigenvalue weighted by Gasteiger charge is -2.34. The van der Waals surface area contributed by atoms with Gasteiger partial charge in [0.05, 0.1) is 0 Å². The van der Waals surface area contributed by atoms with E-state index in [1.807, 2.05) is 63.2 Å². The van der Waals surface area contributed by atoms with Gasteiger partial charge < -0.3 is 20.3 Å². The van der Waals surface area contributed by atoms with Crippen molar-refractivity contribution in [1.82, 2.24) is 10.2 Å². The van der Waals surface area contributed by atoms with Crippen molar-refractivity contribution in [1.29, 1.82) is 0 Å². The standard InChI is InChI=1S/C28H37N3O4S/c1-17-13-18(2)15-20(14-17)24(25(32)29-22-10-8-7-9-19(22)3)31(21-11-12-21)26(33)23(16-36)30-27(34)35-28(4,5)6/h7-10,13-15,21,23-24,36H,11-12,16H2,1-6H3,(H,29,32)(H,30,34). The zero-order valence-corrected chi connectivity index (χ0v) is 22.8. The number of para-hydroxylation sites is 1. The van der Waals surface area contributed by atoms with E-state index in [0.717, 1.165) is 35.1 Å². The van der Waals surface area contributed by atoms with Gasteiger partial charge in [0, 0.05) is 17.5 Å². The van der Waals surface area contributed by atoms with Gasteiger partial charge in [0.25, 0.3) is 5.91 Å². The Hall–Kier alpha value is -3.00. The first-order valence-corrected chi connectivity index (χ1v) is 12.9. The molecule has 0 spiro atoms. The van der Waals surface area contributed by atoms with Gasteiger partial charge in [0.1, 0.15) is 17.7 Å². The largest absolute Gasteiger partial charge is 0.444 e. The SMILES string of the molecule is Cc1cc(C)cc(C(C(=O)Nc2ccccc2C)N(C(=O)C(CS)NC(=O)OC(C)(C)C)C2CC2)c1. The number of aryl methyl sites for hydroxylation is 3. The molecule has 0 aliphatic heterocycles. The fraction of sp³-hybridized carbons (Fsp3) is 0.464. The minimum atomic E-state index is -0.941. The van der Waals surface area contributed by atoms with E-state index in [4.69, 9.17) is 4.74 Å². The van der Waals surface area contributed by atoms with Gasteiger partial charge in [0.2, 0.25) is 5.91 Å². The Morgan fingerprint density at radius 1 is 1.06 bits per heavy atom. The highest BCUT2D eigenvalue weighted by Crippen LogP contribution is 2.37. The Morgan fingerprint density at radius 2 is 1.67 bits per heavy atom. The molecule has 1 aliphatic carbocycles. The number of nitrogens with zero attached hydrogens (tertiary/aromatic N) is 1. The minimum absolute atomic E-state index is 0.0697. The lowest BCUT2D eigenvalue weighted by Crippen LogP contribution is -2.54. The molecule has 36 heavy (non-hydrogen) atoms. The summed E-state index contributed by atoms with van der Waals surface area (Å²) in [5, 5.41) is 5.68. The lowest BCUT2D eigenvalue weighted by atomic mass is 9.98. The van der Waals surface area contributed by atoms with E-state index in [0.29, 0.717) is 5.69 Å². The average Bonchev–Trinajstić information content (AvgIpc) is 3.60. The molecule has 0 bridgehead atoms. The smallest absolute Gasteiger partial charge is 0.408 e. The van der Waals surface area contributed by atoms with E-state index >= 15 is 0 Å². The number of ether oxygens (including phenoxy) is 1. The number of amides is 3. The Balaban J connectivity index is 1.99. The summed E-state index contributed by atoms with van der Waals surface area (Å²) < 4.78 is 5.36. The molecular formula is C28H37N3O4S. The predicted molar refractivity (Wildman–Crippen MR) is 145 cm³/mol. The number of hydrogen-bond donors (Lipinski definition) is 3. The summed E-state index contributed by atoms with van der Waals surface area (Å²) in [4.78, 5) is 41.8. The van der Waals surface area contributed by atoms with Crippen molar-refractivity contribution in [3.63, 3.8) is 0 Å². The van der Waals surface area contributed by atoms with Crippen LogP contribution in [0.4, 0.5) is 10.5 Å². The van der Waals surface area contributed by atoms with Crippen molar-refractivity contribution >= 4 is 36.2 Å². The average molecular weight is 512 g/mol. The number of rotatable bonds is 8. The molecule has 7 nitrogen and oxygen atoms in total. The monoisotopic (exact) mass is 511 g/mol. The molecular weight excluding hydrogens is 474 g/mol. The summed E-state index contributed by atoms with van der Waals surface area (Å²) in [5.74, 6) is -0.590. The Kier molecular flexibility index (Phi) is 8.71. The maximum Gasteiger partial charge on any atom is 0.408 e. The van der Waals surface area contributed by atoms with Crippen molar-refractivity contribution in [2.45, 2.75) is 78.1 Å². The highest BCUT2D eigenvalue weighted by molar-refractivity contribution is 7.80. The van der Waals surface area contributed by atoms with Crippen LogP contribution in [-0.4, -0.2) is 46.2 Å². The predicted octanol–water partition coefficient (Wildman–Crippen LogP) is 5.11. The van der Waals surface area contributed by atoms with Crippen LogP contribution in [0.5, 0.6) is 0 Å².